The zero-order chi connectivity index (χ0) is 13.1. The van der Waals surface area contributed by atoms with Crippen molar-refractivity contribution in [2.24, 2.45) is 0 Å². The molecule has 17 heavy (non-hydrogen) atoms. The summed E-state index contributed by atoms with van der Waals surface area (Å²) in [6.07, 6.45) is 3.15. The molecule has 1 saturated heterocycles. The monoisotopic (exact) mass is 304 g/mol. The van der Waals surface area contributed by atoms with Crippen LogP contribution < -0.4 is 10.8 Å². The average molecular weight is 305 g/mol. The van der Waals surface area contributed by atoms with E-state index in [0.717, 1.165) is 12.8 Å². The van der Waals surface area contributed by atoms with Gasteiger partial charge < -0.3 is 5.32 Å². The molecule has 98 valence electrons. The highest BCUT2D eigenvalue weighted by Crippen LogP contribution is 2.29. The Morgan fingerprint density at radius 1 is 1.35 bits per heavy atom. The molecular weight excluding hydrogens is 284 g/mol. The molecule has 0 saturated carbocycles. The van der Waals surface area contributed by atoms with Crippen LogP contribution in [0.5, 0.6) is 0 Å². The van der Waals surface area contributed by atoms with Gasteiger partial charge in [-0.1, -0.05) is 15.9 Å². The zero-order valence-corrected chi connectivity index (χ0v) is 12.4. The minimum absolute atomic E-state index is 0.0163. The summed E-state index contributed by atoms with van der Waals surface area (Å²) in [4.78, 5) is 18.2. The smallest absolute Gasteiger partial charge is 0.268 e. The Labute approximate surface area is 111 Å². The Balaban J connectivity index is 2.51. The van der Waals surface area contributed by atoms with Crippen molar-refractivity contribution in [2.75, 3.05) is 0 Å². The lowest BCUT2D eigenvalue weighted by Crippen LogP contribution is -2.60. The van der Waals surface area contributed by atoms with E-state index in [2.05, 4.69) is 54.4 Å². The van der Waals surface area contributed by atoms with Gasteiger partial charge in [0.25, 0.3) is 5.91 Å². The molecule has 0 aromatic carbocycles. The molecule has 0 aromatic rings. The fraction of sp³-hybridized carbons (Fsp3) is 0.750. The van der Waals surface area contributed by atoms with E-state index < -0.39 is 0 Å². The second kappa shape index (κ2) is 5.50. The Morgan fingerprint density at radius 3 is 2.35 bits per heavy atom. The van der Waals surface area contributed by atoms with E-state index in [1.54, 1.807) is 0 Å². The van der Waals surface area contributed by atoms with Gasteiger partial charge in [0.2, 0.25) is 0 Å². The zero-order valence-electron chi connectivity index (χ0n) is 10.8. The average Bonchev–Trinajstić information content (AvgIpc) is 2.10. The van der Waals surface area contributed by atoms with Crippen LogP contribution in [-0.4, -0.2) is 23.1 Å². The molecule has 1 aliphatic rings. The molecule has 1 fully saturated rings. The summed E-state index contributed by atoms with van der Waals surface area (Å²) in [6.45, 7) is 8.57. The van der Waals surface area contributed by atoms with Gasteiger partial charge in [-0.05, 0) is 45.5 Å². The molecule has 0 atom stereocenters. The Bertz CT molecular complexity index is 298. The Kier molecular flexibility index (Phi) is 4.75. The molecule has 0 bridgehead atoms. The molecular formula is C12H21BrN2O2. The van der Waals surface area contributed by atoms with Crippen molar-refractivity contribution in [2.45, 2.75) is 57.7 Å². The van der Waals surface area contributed by atoms with Crippen LogP contribution >= 0.6 is 15.9 Å². The molecule has 0 aromatic heterocycles. The number of hydrogen-bond acceptors (Lipinski definition) is 3. The maximum absolute atomic E-state index is 11.2. The first-order chi connectivity index (χ1) is 7.74. The van der Waals surface area contributed by atoms with Gasteiger partial charge in [0.05, 0.1) is 6.10 Å². The third kappa shape index (κ3) is 5.19. The highest BCUT2D eigenvalue weighted by molar-refractivity contribution is 9.11. The largest absolute Gasteiger partial charge is 0.307 e. The van der Waals surface area contributed by atoms with Gasteiger partial charge in [0.1, 0.15) is 0 Å². The van der Waals surface area contributed by atoms with E-state index >= 15 is 0 Å². The number of carbonyl (C=O) groups is 1. The summed E-state index contributed by atoms with van der Waals surface area (Å²) in [5.74, 6) is -0.254. The molecule has 0 spiro atoms. The lowest BCUT2D eigenvalue weighted by molar-refractivity contribution is -0.138. The van der Waals surface area contributed by atoms with Crippen LogP contribution in [0.1, 0.15) is 40.5 Å². The van der Waals surface area contributed by atoms with Crippen LogP contribution in [0.25, 0.3) is 0 Å². The fourth-order valence-electron chi connectivity index (χ4n) is 2.54. The van der Waals surface area contributed by atoms with Gasteiger partial charge in [0.15, 0.2) is 0 Å². The van der Waals surface area contributed by atoms with Gasteiger partial charge in [-0.15, -0.1) is 0 Å². The molecule has 1 amide bonds. The third-order valence-electron chi connectivity index (χ3n) is 2.69. The van der Waals surface area contributed by atoms with E-state index in [4.69, 9.17) is 4.84 Å². The van der Waals surface area contributed by atoms with Crippen LogP contribution in [-0.2, 0) is 9.63 Å². The summed E-state index contributed by atoms with van der Waals surface area (Å²) in [5.41, 5.74) is 2.48. The van der Waals surface area contributed by atoms with Crippen LogP contribution in [0.4, 0.5) is 0 Å². The van der Waals surface area contributed by atoms with Crippen molar-refractivity contribution < 1.29 is 9.63 Å². The summed E-state index contributed by atoms with van der Waals surface area (Å²) in [6, 6.07) is 0. The number of carbonyl (C=O) groups excluding carboxylic acids is 1. The second-order valence-corrected chi connectivity index (χ2v) is 6.33. The van der Waals surface area contributed by atoms with Gasteiger partial charge in [0, 0.05) is 17.2 Å². The number of piperidine rings is 1. The summed E-state index contributed by atoms with van der Waals surface area (Å²) < 4.78 is 0. The predicted octanol–water partition coefficient (Wildman–Crippen LogP) is 2.25. The predicted molar refractivity (Wildman–Crippen MR) is 71.6 cm³/mol. The second-order valence-electron chi connectivity index (χ2n) is 5.80. The minimum Gasteiger partial charge on any atom is -0.307 e. The number of amides is 1. The molecule has 1 heterocycles. The maximum atomic E-state index is 11.2. The Morgan fingerprint density at radius 2 is 1.88 bits per heavy atom. The van der Waals surface area contributed by atoms with Crippen LogP contribution in [0.3, 0.4) is 0 Å². The van der Waals surface area contributed by atoms with Gasteiger partial charge in [-0.2, -0.15) is 0 Å². The topological polar surface area (TPSA) is 50.4 Å². The first-order valence-corrected chi connectivity index (χ1v) is 6.67. The van der Waals surface area contributed by atoms with Crippen molar-refractivity contribution >= 4 is 21.8 Å². The summed E-state index contributed by atoms with van der Waals surface area (Å²) in [7, 11) is 0. The van der Waals surface area contributed by atoms with E-state index in [-0.39, 0.29) is 23.1 Å². The maximum Gasteiger partial charge on any atom is 0.268 e. The number of nitrogens with one attached hydrogen (secondary N) is 2. The van der Waals surface area contributed by atoms with Gasteiger partial charge >= 0.3 is 0 Å². The fourth-order valence-corrected chi connectivity index (χ4v) is 2.78. The SMILES string of the molecule is CC1(C)CC(ONC(=O)/C=C/Br)CC(C)(C)N1. The van der Waals surface area contributed by atoms with Crippen LogP contribution in [0, 0.1) is 0 Å². The van der Waals surface area contributed by atoms with Crippen LogP contribution in [0.15, 0.2) is 11.1 Å². The molecule has 4 nitrogen and oxygen atoms in total. The van der Waals surface area contributed by atoms with Crippen LogP contribution in [0.2, 0.25) is 0 Å². The molecule has 0 radical (unpaired) electrons. The normalized spacial score (nSPS) is 23.8. The Hall–Kier alpha value is -0.390. The van der Waals surface area contributed by atoms with Crippen molar-refractivity contribution in [3.63, 3.8) is 0 Å². The molecule has 1 rings (SSSR count). The standard InChI is InChI=1S/C12H21BrN2O2/c1-11(2)7-9(8-12(3,4)15-11)17-14-10(16)5-6-13/h5-6,9,15H,7-8H2,1-4H3,(H,14,16)/b6-5+. The van der Waals surface area contributed by atoms with E-state index in [0.29, 0.717) is 0 Å². The van der Waals surface area contributed by atoms with Crippen molar-refractivity contribution in [1.82, 2.24) is 10.8 Å². The molecule has 5 heteroatoms. The molecule has 0 aliphatic carbocycles. The number of hydrogen-bond donors (Lipinski definition) is 2. The number of halogens is 1. The van der Waals surface area contributed by atoms with E-state index in [9.17, 15) is 4.79 Å². The highest BCUT2D eigenvalue weighted by atomic mass is 79.9. The van der Waals surface area contributed by atoms with Crippen molar-refractivity contribution in [3.05, 3.63) is 11.1 Å². The van der Waals surface area contributed by atoms with Gasteiger partial charge in [-0.3, -0.25) is 9.63 Å². The summed E-state index contributed by atoms with van der Waals surface area (Å²) in [5, 5.41) is 3.56. The number of rotatable bonds is 3. The van der Waals surface area contributed by atoms with E-state index in [1.807, 2.05) is 0 Å². The lowest BCUT2D eigenvalue weighted by Gasteiger charge is -2.45. The third-order valence-corrected chi connectivity index (χ3v) is 2.96. The van der Waals surface area contributed by atoms with Crippen molar-refractivity contribution in [1.29, 1.82) is 0 Å². The summed E-state index contributed by atoms with van der Waals surface area (Å²) >= 11 is 3.05. The minimum atomic E-state index is -0.254. The number of hydroxylamine groups is 1. The molecule has 2 N–H and O–H groups in total. The highest BCUT2D eigenvalue weighted by Gasteiger charge is 2.38. The van der Waals surface area contributed by atoms with E-state index in [1.165, 1.54) is 11.1 Å². The first kappa shape index (κ1) is 14.7. The van der Waals surface area contributed by atoms with Gasteiger partial charge in [-0.25, -0.2) is 5.48 Å². The lowest BCUT2D eigenvalue weighted by atomic mass is 9.81. The molecule has 0 unspecified atom stereocenters. The first-order valence-electron chi connectivity index (χ1n) is 5.76. The quantitative estimate of drug-likeness (QED) is 0.621. The molecule has 1 aliphatic heterocycles. The van der Waals surface area contributed by atoms with Crippen molar-refractivity contribution in [3.8, 4) is 0 Å².